The van der Waals surface area contributed by atoms with E-state index in [1.54, 1.807) is 48.5 Å². The Balaban J connectivity index is 2.06. The van der Waals surface area contributed by atoms with Gasteiger partial charge >= 0.3 is 0 Å². The summed E-state index contributed by atoms with van der Waals surface area (Å²) >= 11 is 0. The summed E-state index contributed by atoms with van der Waals surface area (Å²) < 4.78 is 7.41. The van der Waals surface area contributed by atoms with Crippen LogP contribution in [-0.4, -0.2) is 29.1 Å². The molecular weight excluding hydrogens is 348 g/mol. The molecule has 9 heteroatoms. The van der Waals surface area contributed by atoms with Gasteiger partial charge in [-0.05, 0) is 34.6 Å². The Bertz CT molecular complexity index is 1550. The fraction of sp³-hybridized carbons (Fsp3) is 0. The van der Waals surface area contributed by atoms with Gasteiger partial charge in [0.15, 0.2) is 11.3 Å². The summed E-state index contributed by atoms with van der Waals surface area (Å²) in [6.45, 7) is 0. The molecule has 6 rings (SSSR count). The van der Waals surface area contributed by atoms with Gasteiger partial charge in [0.1, 0.15) is 0 Å². The second-order valence-corrected chi connectivity index (χ2v) is 6.10. The van der Waals surface area contributed by atoms with E-state index in [2.05, 4.69) is 20.3 Å². The third kappa shape index (κ3) is 1.67. The first kappa shape index (κ1) is 14.1. The highest BCUT2D eigenvalue weighted by Gasteiger charge is 2.20. The number of nitrogens with zero attached hydrogens (tertiary/aromatic N) is 6. The van der Waals surface area contributed by atoms with Gasteiger partial charge in [-0.25, -0.2) is 23.4 Å². The number of aromatic nitrogens is 6. The van der Waals surface area contributed by atoms with Gasteiger partial charge in [-0.1, -0.05) is 24.3 Å². The van der Waals surface area contributed by atoms with Crippen molar-refractivity contribution in [1.82, 2.24) is 29.1 Å². The first-order valence-electron chi connectivity index (χ1n) is 8.11. The number of hydrogen-bond donors (Lipinski definition) is 0. The molecule has 4 aromatic heterocycles. The molecule has 0 unspecified atom stereocenters. The highest BCUT2D eigenvalue weighted by molar-refractivity contribution is 5.90. The van der Waals surface area contributed by atoms with Crippen molar-refractivity contribution in [2.75, 3.05) is 0 Å². The first-order valence-corrected chi connectivity index (χ1v) is 8.11. The number of rotatable bonds is 0. The Labute approximate surface area is 148 Å². The van der Waals surface area contributed by atoms with Crippen LogP contribution < -0.4 is 11.1 Å². The van der Waals surface area contributed by atoms with E-state index in [1.807, 2.05) is 0 Å². The van der Waals surface area contributed by atoms with E-state index < -0.39 is 0 Å². The number of para-hydroxylation sites is 2. The van der Waals surface area contributed by atoms with Crippen LogP contribution in [0.5, 0.6) is 0 Å². The van der Waals surface area contributed by atoms with Crippen molar-refractivity contribution < 1.29 is 4.63 Å². The molecular formula is C18H8N6O3. The first-order chi connectivity index (χ1) is 13.2. The van der Waals surface area contributed by atoms with E-state index in [0.717, 1.165) is 0 Å². The van der Waals surface area contributed by atoms with Crippen molar-refractivity contribution in [2.45, 2.75) is 0 Å². The van der Waals surface area contributed by atoms with Crippen LogP contribution in [0.4, 0.5) is 0 Å². The Hall–Kier alpha value is -4.14. The highest BCUT2D eigenvalue weighted by atomic mass is 16.6. The lowest BCUT2D eigenvalue weighted by atomic mass is 10.2. The standard InChI is InChI=1S/C18H8N6O3/c25-17-9-5-1-3-7-11(9)19-13-14-20-12-8-4-2-6-10(12)18(26)24(14)16-15(23(13)17)21-27-22-16/h1-8H. The van der Waals surface area contributed by atoms with Crippen molar-refractivity contribution >= 4 is 44.4 Å². The van der Waals surface area contributed by atoms with Crippen LogP contribution in [0.2, 0.25) is 0 Å². The van der Waals surface area contributed by atoms with E-state index in [-0.39, 0.29) is 33.7 Å². The highest BCUT2D eigenvalue weighted by Crippen LogP contribution is 2.19. The number of fused-ring (bicyclic) bond motifs is 8. The van der Waals surface area contributed by atoms with Crippen LogP contribution in [0.3, 0.4) is 0 Å². The van der Waals surface area contributed by atoms with Gasteiger partial charge in [-0.15, -0.1) is 0 Å². The molecule has 0 spiro atoms. The van der Waals surface area contributed by atoms with Gasteiger partial charge in [-0.3, -0.25) is 9.59 Å². The van der Waals surface area contributed by atoms with Gasteiger partial charge in [0.25, 0.3) is 11.1 Å². The minimum Gasteiger partial charge on any atom is -0.268 e. The van der Waals surface area contributed by atoms with Crippen LogP contribution >= 0.6 is 0 Å². The molecule has 0 atom stereocenters. The summed E-state index contributed by atoms with van der Waals surface area (Å²) in [5.74, 6) is 0. The van der Waals surface area contributed by atoms with Crippen molar-refractivity contribution in [2.24, 2.45) is 0 Å². The maximum atomic E-state index is 13.1. The van der Waals surface area contributed by atoms with E-state index in [1.165, 1.54) is 8.80 Å². The Morgan fingerprint density at radius 1 is 0.630 bits per heavy atom. The van der Waals surface area contributed by atoms with Crippen molar-refractivity contribution in [1.29, 1.82) is 0 Å². The SMILES string of the molecule is O=c1c2ccccc2nc2c3nc4ccccc4c(=O)n3c3nonc3n12. The molecule has 0 bridgehead atoms. The fourth-order valence-corrected chi connectivity index (χ4v) is 3.42. The molecule has 0 N–H and O–H groups in total. The summed E-state index contributed by atoms with van der Waals surface area (Å²) in [6.07, 6.45) is 0. The Morgan fingerprint density at radius 3 is 1.56 bits per heavy atom. The fourth-order valence-electron chi connectivity index (χ4n) is 3.42. The van der Waals surface area contributed by atoms with Crippen molar-refractivity contribution in [3.63, 3.8) is 0 Å². The predicted octanol–water partition coefficient (Wildman–Crippen LogP) is 1.54. The number of benzene rings is 2. The predicted molar refractivity (Wildman–Crippen MR) is 96.9 cm³/mol. The number of hydrogen-bond acceptors (Lipinski definition) is 7. The second kappa shape index (κ2) is 4.73. The maximum absolute atomic E-state index is 13.1. The summed E-state index contributed by atoms with van der Waals surface area (Å²) in [6, 6.07) is 13.9. The summed E-state index contributed by atoms with van der Waals surface area (Å²) in [4.78, 5) is 35.3. The van der Waals surface area contributed by atoms with Crippen molar-refractivity contribution in [3.8, 4) is 0 Å². The molecule has 6 aromatic rings. The van der Waals surface area contributed by atoms with Crippen LogP contribution in [0.25, 0.3) is 44.4 Å². The average Bonchev–Trinajstić information content (AvgIpc) is 3.17. The lowest BCUT2D eigenvalue weighted by Crippen LogP contribution is -2.23. The topological polar surface area (TPSA) is 108 Å². The quantitative estimate of drug-likeness (QED) is 0.300. The molecule has 0 saturated carbocycles. The molecule has 0 aliphatic carbocycles. The van der Waals surface area contributed by atoms with E-state index in [4.69, 9.17) is 4.63 Å². The molecule has 27 heavy (non-hydrogen) atoms. The van der Waals surface area contributed by atoms with Gasteiger partial charge in [0.05, 0.1) is 21.8 Å². The molecule has 0 aliphatic heterocycles. The Morgan fingerprint density at radius 2 is 1.07 bits per heavy atom. The molecule has 0 aliphatic rings. The van der Waals surface area contributed by atoms with Crippen LogP contribution in [0.1, 0.15) is 0 Å². The molecule has 128 valence electrons. The smallest absolute Gasteiger partial charge is 0.267 e. The van der Waals surface area contributed by atoms with Crippen LogP contribution in [-0.2, 0) is 0 Å². The molecule has 0 radical (unpaired) electrons. The molecule has 0 saturated heterocycles. The van der Waals surface area contributed by atoms with E-state index in [0.29, 0.717) is 21.8 Å². The van der Waals surface area contributed by atoms with Crippen LogP contribution in [0.15, 0.2) is 62.7 Å². The van der Waals surface area contributed by atoms with Gasteiger partial charge in [-0.2, -0.15) is 0 Å². The van der Waals surface area contributed by atoms with Gasteiger partial charge in [0.2, 0.25) is 11.3 Å². The third-order valence-corrected chi connectivity index (χ3v) is 4.63. The van der Waals surface area contributed by atoms with Crippen LogP contribution in [0, 0.1) is 0 Å². The third-order valence-electron chi connectivity index (χ3n) is 4.63. The normalized spacial score (nSPS) is 12.0. The minimum absolute atomic E-state index is 0.111. The molecule has 9 nitrogen and oxygen atoms in total. The largest absolute Gasteiger partial charge is 0.268 e. The zero-order chi connectivity index (χ0) is 18.1. The Kier molecular flexibility index (Phi) is 2.46. The van der Waals surface area contributed by atoms with Gasteiger partial charge < -0.3 is 0 Å². The van der Waals surface area contributed by atoms with E-state index >= 15 is 0 Å². The molecule has 0 fully saturated rings. The monoisotopic (exact) mass is 356 g/mol. The van der Waals surface area contributed by atoms with Crippen molar-refractivity contribution in [3.05, 3.63) is 69.2 Å². The zero-order valence-electron chi connectivity index (χ0n) is 13.5. The summed E-state index contributed by atoms with van der Waals surface area (Å²) in [5.41, 5.74) is 0.988. The summed E-state index contributed by atoms with van der Waals surface area (Å²) in [5, 5.41) is 8.52. The average molecular weight is 356 g/mol. The summed E-state index contributed by atoms with van der Waals surface area (Å²) in [7, 11) is 0. The second-order valence-electron chi connectivity index (χ2n) is 6.10. The molecule has 2 aromatic carbocycles. The van der Waals surface area contributed by atoms with Gasteiger partial charge in [0, 0.05) is 0 Å². The molecule has 4 heterocycles. The zero-order valence-corrected chi connectivity index (χ0v) is 13.5. The van der Waals surface area contributed by atoms with E-state index in [9.17, 15) is 9.59 Å². The lowest BCUT2D eigenvalue weighted by Gasteiger charge is -2.08. The molecule has 0 amide bonds. The minimum atomic E-state index is -0.332. The lowest BCUT2D eigenvalue weighted by molar-refractivity contribution is 0.313. The maximum Gasteiger partial charge on any atom is 0.267 e.